The average molecular weight is 366 g/mol. The van der Waals surface area contributed by atoms with Gasteiger partial charge in [0, 0.05) is 38.0 Å². The van der Waals surface area contributed by atoms with E-state index in [4.69, 9.17) is 0 Å². The molecule has 0 bridgehead atoms. The van der Waals surface area contributed by atoms with Crippen molar-refractivity contribution in [3.8, 4) is 0 Å². The van der Waals surface area contributed by atoms with Crippen LogP contribution in [0.4, 0.5) is 0 Å². The first-order valence-electron chi connectivity index (χ1n) is 9.68. The smallest absolute Gasteiger partial charge is 0.226 e. The van der Waals surface area contributed by atoms with Crippen LogP contribution >= 0.6 is 12.4 Å². The molecular formula is C18H28ClN5O. The first kappa shape index (κ1) is 17.3. The molecule has 2 saturated carbocycles. The molecular weight excluding hydrogens is 338 g/mol. The van der Waals surface area contributed by atoms with Crippen molar-refractivity contribution in [3.63, 3.8) is 0 Å². The van der Waals surface area contributed by atoms with Crippen LogP contribution in [0.3, 0.4) is 0 Å². The SMILES string of the molecule is Cl.O=C(C1CC12CCCC2)N1CCC(c2nnc3n2CCNC3)CC1. The molecule has 3 fully saturated rings. The molecule has 1 amide bonds. The first-order valence-corrected chi connectivity index (χ1v) is 9.68. The Hall–Kier alpha value is -1.14. The van der Waals surface area contributed by atoms with E-state index < -0.39 is 0 Å². The quantitative estimate of drug-likeness (QED) is 0.871. The highest BCUT2D eigenvalue weighted by molar-refractivity contribution is 5.85. The number of halogens is 1. The summed E-state index contributed by atoms with van der Waals surface area (Å²) >= 11 is 0. The number of fused-ring (bicyclic) bond motifs is 1. The third kappa shape index (κ3) is 2.87. The summed E-state index contributed by atoms with van der Waals surface area (Å²) in [5.41, 5.74) is 0.424. The molecule has 7 heteroatoms. The maximum absolute atomic E-state index is 12.8. The van der Waals surface area contributed by atoms with Gasteiger partial charge in [-0.2, -0.15) is 0 Å². The van der Waals surface area contributed by atoms with E-state index in [0.29, 0.717) is 23.2 Å². The number of nitrogens with zero attached hydrogens (tertiary/aromatic N) is 4. The Morgan fingerprint density at radius 3 is 2.64 bits per heavy atom. The van der Waals surface area contributed by atoms with E-state index in [1.165, 1.54) is 25.7 Å². The minimum atomic E-state index is 0. The predicted octanol–water partition coefficient (Wildman–Crippen LogP) is 2.09. The van der Waals surface area contributed by atoms with Crippen LogP contribution in [-0.2, 0) is 17.9 Å². The van der Waals surface area contributed by atoms with Gasteiger partial charge in [0.2, 0.25) is 5.91 Å². The monoisotopic (exact) mass is 365 g/mol. The zero-order valence-corrected chi connectivity index (χ0v) is 15.6. The van der Waals surface area contributed by atoms with Crippen LogP contribution in [0.2, 0.25) is 0 Å². The molecule has 6 nitrogen and oxygen atoms in total. The second kappa shape index (κ2) is 6.54. The second-order valence-electron chi connectivity index (χ2n) is 8.23. The van der Waals surface area contributed by atoms with E-state index in [-0.39, 0.29) is 12.4 Å². The lowest BCUT2D eigenvalue weighted by Crippen LogP contribution is -2.40. The van der Waals surface area contributed by atoms with E-state index >= 15 is 0 Å². The van der Waals surface area contributed by atoms with Gasteiger partial charge in [0.15, 0.2) is 0 Å². The molecule has 5 rings (SSSR count). The van der Waals surface area contributed by atoms with Crippen LogP contribution < -0.4 is 5.32 Å². The topological polar surface area (TPSA) is 63.1 Å². The Kier molecular flexibility index (Phi) is 4.52. The summed E-state index contributed by atoms with van der Waals surface area (Å²) in [6, 6.07) is 0. The molecule has 1 atom stereocenters. The summed E-state index contributed by atoms with van der Waals surface area (Å²) in [6.45, 7) is 4.60. The number of rotatable bonds is 2. The molecule has 0 radical (unpaired) electrons. The highest BCUT2D eigenvalue weighted by atomic mass is 35.5. The van der Waals surface area contributed by atoms with Gasteiger partial charge in [0.25, 0.3) is 0 Å². The average Bonchev–Trinajstić information content (AvgIpc) is 2.97. The lowest BCUT2D eigenvalue weighted by molar-refractivity contribution is -0.134. The van der Waals surface area contributed by atoms with Gasteiger partial charge in [-0.05, 0) is 37.5 Å². The fourth-order valence-corrected chi connectivity index (χ4v) is 5.32. The Labute approximate surface area is 155 Å². The number of amides is 1. The molecule has 1 N–H and O–H groups in total. The van der Waals surface area contributed by atoms with Gasteiger partial charge in [-0.3, -0.25) is 4.79 Å². The summed E-state index contributed by atoms with van der Waals surface area (Å²) in [5.74, 6) is 3.48. The van der Waals surface area contributed by atoms with Crippen LogP contribution in [-0.4, -0.2) is 45.2 Å². The zero-order valence-electron chi connectivity index (χ0n) is 14.7. The highest BCUT2D eigenvalue weighted by Gasteiger charge is 2.59. The molecule has 2 aliphatic heterocycles. The van der Waals surface area contributed by atoms with E-state index in [1.807, 2.05) is 0 Å². The number of hydrogen-bond donors (Lipinski definition) is 1. The third-order valence-electron chi connectivity index (χ3n) is 6.91. The van der Waals surface area contributed by atoms with Crippen molar-refractivity contribution in [2.75, 3.05) is 19.6 Å². The van der Waals surface area contributed by atoms with Gasteiger partial charge in [-0.25, -0.2) is 0 Å². The molecule has 3 heterocycles. The van der Waals surface area contributed by atoms with Crippen molar-refractivity contribution >= 4 is 18.3 Å². The minimum absolute atomic E-state index is 0. The molecule has 1 unspecified atom stereocenters. The Balaban J connectivity index is 0.00000157. The summed E-state index contributed by atoms with van der Waals surface area (Å²) in [6.07, 6.45) is 8.49. The third-order valence-corrected chi connectivity index (χ3v) is 6.91. The summed E-state index contributed by atoms with van der Waals surface area (Å²) < 4.78 is 2.30. The van der Waals surface area contributed by atoms with E-state index in [0.717, 1.165) is 63.6 Å². The molecule has 1 aromatic heterocycles. The van der Waals surface area contributed by atoms with E-state index in [2.05, 4.69) is 25.0 Å². The summed E-state index contributed by atoms with van der Waals surface area (Å²) in [5, 5.41) is 12.2. The number of likely N-dealkylation sites (tertiary alicyclic amines) is 1. The van der Waals surface area contributed by atoms with Crippen molar-refractivity contribution < 1.29 is 4.79 Å². The van der Waals surface area contributed by atoms with E-state index in [9.17, 15) is 4.79 Å². The maximum atomic E-state index is 12.8. The number of nitrogens with one attached hydrogen (secondary N) is 1. The van der Waals surface area contributed by atoms with Crippen molar-refractivity contribution in [2.24, 2.45) is 11.3 Å². The van der Waals surface area contributed by atoms with Crippen molar-refractivity contribution in [2.45, 2.75) is 64.0 Å². The molecule has 2 aliphatic carbocycles. The van der Waals surface area contributed by atoms with Gasteiger partial charge < -0.3 is 14.8 Å². The van der Waals surface area contributed by atoms with Crippen molar-refractivity contribution in [3.05, 3.63) is 11.6 Å². The van der Waals surface area contributed by atoms with Gasteiger partial charge in [-0.15, -0.1) is 22.6 Å². The second-order valence-corrected chi connectivity index (χ2v) is 8.23. The molecule has 4 aliphatic rings. The van der Waals surface area contributed by atoms with Gasteiger partial charge >= 0.3 is 0 Å². The number of carbonyl (C=O) groups excluding carboxylic acids is 1. The van der Waals surface area contributed by atoms with Crippen LogP contribution in [0.15, 0.2) is 0 Å². The van der Waals surface area contributed by atoms with Crippen LogP contribution in [0, 0.1) is 11.3 Å². The largest absolute Gasteiger partial charge is 0.342 e. The molecule has 0 aromatic carbocycles. The number of aromatic nitrogens is 3. The lowest BCUT2D eigenvalue weighted by atomic mass is 9.94. The minimum Gasteiger partial charge on any atom is -0.342 e. The predicted molar refractivity (Wildman–Crippen MR) is 96.5 cm³/mol. The van der Waals surface area contributed by atoms with Crippen LogP contribution in [0.5, 0.6) is 0 Å². The standard InChI is InChI=1S/C18H27N5O.ClH/c24-17(14-11-18(14)5-1-2-6-18)22-8-3-13(4-9-22)16-21-20-15-12-19-7-10-23(15)16;/h13-14,19H,1-12H2;1H. The van der Waals surface area contributed by atoms with Gasteiger partial charge in [0.1, 0.15) is 11.6 Å². The first-order chi connectivity index (χ1) is 11.8. The highest BCUT2D eigenvalue weighted by Crippen LogP contribution is 2.63. The van der Waals surface area contributed by atoms with Gasteiger partial charge in [-0.1, -0.05) is 12.8 Å². The Morgan fingerprint density at radius 2 is 1.88 bits per heavy atom. The van der Waals surface area contributed by atoms with Crippen LogP contribution in [0.25, 0.3) is 0 Å². The Morgan fingerprint density at radius 1 is 1.12 bits per heavy atom. The van der Waals surface area contributed by atoms with Crippen LogP contribution in [0.1, 0.15) is 62.5 Å². The van der Waals surface area contributed by atoms with Gasteiger partial charge in [0.05, 0.1) is 6.54 Å². The molecule has 138 valence electrons. The molecule has 1 spiro atoms. The molecule has 1 saturated heterocycles. The van der Waals surface area contributed by atoms with E-state index in [1.54, 1.807) is 0 Å². The summed E-state index contributed by atoms with van der Waals surface area (Å²) in [4.78, 5) is 15.0. The lowest BCUT2D eigenvalue weighted by Gasteiger charge is -2.32. The zero-order chi connectivity index (χ0) is 16.1. The fraction of sp³-hybridized carbons (Fsp3) is 0.833. The number of piperidine rings is 1. The normalized spacial score (nSPS) is 27.8. The number of hydrogen-bond acceptors (Lipinski definition) is 4. The molecule has 1 aromatic rings. The Bertz CT molecular complexity index is 646. The summed E-state index contributed by atoms with van der Waals surface area (Å²) in [7, 11) is 0. The fourth-order valence-electron chi connectivity index (χ4n) is 5.32. The maximum Gasteiger partial charge on any atom is 0.226 e. The molecule has 25 heavy (non-hydrogen) atoms. The van der Waals surface area contributed by atoms with Crippen molar-refractivity contribution in [1.82, 2.24) is 25.0 Å². The number of carbonyl (C=O) groups is 1. The van der Waals surface area contributed by atoms with Crippen molar-refractivity contribution in [1.29, 1.82) is 0 Å².